The second-order valence-electron chi connectivity index (χ2n) is 3.22. The van der Waals surface area contributed by atoms with Gasteiger partial charge in [-0.05, 0) is 32.1 Å². The zero-order valence-corrected chi connectivity index (χ0v) is 8.90. The first-order valence-electron chi connectivity index (χ1n) is 4.99. The van der Waals surface area contributed by atoms with Gasteiger partial charge in [0.2, 0.25) is 5.71 Å². The van der Waals surface area contributed by atoms with Gasteiger partial charge in [0, 0.05) is 16.8 Å². The predicted octanol–water partition coefficient (Wildman–Crippen LogP) is 1.98. The molecule has 2 aromatic heterocycles. The fourth-order valence-corrected chi connectivity index (χ4v) is 1.55. The molecular weight excluding hydrogens is 186 g/mol. The van der Waals surface area contributed by atoms with Crippen molar-refractivity contribution >= 4 is 23.3 Å². The molecule has 0 saturated carbocycles. The van der Waals surface area contributed by atoms with Crippen LogP contribution in [-0.2, 0) is 0 Å². The maximum Gasteiger partial charge on any atom is 0.227 e. The number of nitrogens with zero attached hydrogens (tertiary/aromatic N) is 1. The lowest BCUT2D eigenvalue weighted by molar-refractivity contribution is 0.564. The molecule has 2 heterocycles. The Balaban J connectivity index is 2.91. The Morgan fingerprint density at radius 2 is 2.20 bits per heavy atom. The highest BCUT2D eigenvalue weighted by atomic mass is 16.3. The second kappa shape index (κ2) is 4.13. The van der Waals surface area contributed by atoms with Crippen LogP contribution < -0.4 is 10.6 Å². The van der Waals surface area contributed by atoms with Crippen LogP contribution in [0.2, 0.25) is 0 Å². The zero-order valence-electron chi connectivity index (χ0n) is 8.90. The van der Waals surface area contributed by atoms with Crippen molar-refractivity contribution in [3.63, 3.8) is 0 Å². The maximum absolute atomic E-state index is 5.61. The van der Waals surface area contributed by atoms with Gasteiger partial charge in [-0.3, -0.25) is 0 Å². The van der Waals surface area contributed by atoms with Gasteiger partial charge in [0.25, 0.3) is 0 Å². The van der Waals surface area contributed by atoms with E-state index >= 15 is 0 Å². The van der Waals surface area contributed by atoms with E-state index in [1.165, 1.54) is 0 Å². The van der Waals surface area contributed by atoms with E-state index < -0.39 is 0 Å². The van der Waals surface area contributed by atoms with Gasteiger partial charge in [-0.1, -0.05) is 18.2 Å². The van der Waals surface area contributed by atoms with E-state index in [4.69, 9.17) is 4.42 Å². The number of aromatic nitrogens is 1. The third kappa shape index (κ3) is 1.71. The summed E-state index contributed by atoms with van der Waals surface area (Å²) >= 11 is 0. The van der Waals surface area contributed by atoms with Crippen LogP contribution in [0.3, 0.4) is 0 Å². The quantitative estimate of drug-likeness (QED) is 0.702. The van der Waals surface area contributed by atoms with Crippen molar-refractivity contribution in [2.24, 2.45) is 0 Å². The number of pyridine rings is 1. The van der Waals surface area contributed by atoms with Crippen molar-refractivity contribution in [1.82, 2.24) is 4.98 Å². The van der Waals surface area contributed by atoms with Crippen molar-refractivity contribution in [3.05, 3.63) is 41.1 Å². The van der Waals surface area contributed by atoms with E-state index in [1.54, 1.807) is 6.20 Å². The van der Waals surface area contributed by atoms with Crippen molar-refractivity contribution in [2.45, 2.75) is 13.8 Å². The summed E-state index contributed by atoms with van der Waals surface area (Å²) < 4.78 is 5.61. The van der Waals surface area contributed by atoms with Gasteiger partial charge in [-0.2, -0.15) is 0 Å². The first-order valence-corrected chi connectivity index (χ1v) is 4.99. The molecule has 0 unspecified atom stereocenters. The molecule has 2 nitrogen and oxygen atoms in total. The Hall–Kier alpha value is -1.83. The summed E-state index contributed by atoms with van der Waals surface area (Å²) in [5.41, 5.74) is 1.57. The molecule has 2 heteroatoms. The molecule has 0 amide bonds. The van der Waals surface area contributed by atoms with Gasteiger partial charge in [-0.15, -0.1) is 0 Å². The summed E-state index contributed by atoms with van der Waals surface area (Å²) in [5, 5.41) is 2.16. The van der Waals surface area contributed by atoms with E-state index in [0.29, 0.717) is 5.71 Å². The molecule has 76 valence electrons. The summed E-state index contributed by atoms with van der Waals surface area (Å²) in [4.78, 5) is 4.19. The third-order valence-corrected chi connectivity index (χ3v) is 2.25. The summed E-state index contributed by atoms with van der Waals surface area (Å²) in [5.74, 6) is 0. The minimum absolute atomic E-state index is 0.696. The van der Waals surface area contributed by atoms with Crippen LogP contribution in [0, 0.1) is 0 Å². The van der Waals surface area contributed by atoms with Gasteiger partial charge < -0.3 is 4.42 Å². The lowest BCUT2D eigenvalue weighted by atomic mass is 10.2. The van der Waals surface area contributed by atoms with Gasteiger partial charge in [0.05, 0.1) is 0 Å². The second-order valence-corrected chi connectivity index (χ2v) is 3.22. The number of hydrogen-bond donors (Lipinski definition) is 0. The molecule has 0 spiro atoms. The molecule has 0 aromatic carbocycles. The average molecular weight is 199 g/mol. The van der Waals surface area contributed by atoms with Crippen molar-refractivity contribution in [1.29, 1.82) is 0 Å². The summed E-state index contributed by atoms with van der Waals surface area (Å²) in [7, 11) is 0. The maximum atomic E-state index is 5.61. The van der Waals surface area contributed by atoms with E-state index in [2.05, 4.69) is 4.98 Å². The van der Waals surface area contributed by atoms with E-state index in [1.807, 2.05) is 50.3 Å². The van der Waals surface area contributed by atoms with Crippen molar-refractivity contribution < 1.29 is 4.42 Å². The summed E-state index contributed by atoms with van der Waals surface area (Å²) in [6.07, 6.45) is 9.74. The Labute approximate surface area is 88.2 Å². The van der Waals surface area contributed by atoms with Crippen LogP contribution in [0.1, 0.15) is 13.8 Å². The van der Waals surface area contributed by atoms with Crippen LogP contribution in [0.15, 0.2) is 34.9 Å². The molecule has 0 bridgehead atoms. The van der Waals surface area contributed by atoms with Gasteiger partial charge in [0.1, 0.15) is 5.42 Å². The Morgan fingerprint density at radius 1 is 1.33 bits per heavy atom. The summed E-state index contributed by atoms with van der Waals surface area (Å²) in [6, 6.07) is 3.94. The average Bonchev–Trinajstić information content (AvgIpc) is 2.64. The summed E-state index contributed by atoms with van der Waals surface area (Å²) in [6.45, 7) is 3.96. The number of rotatable bonds is 1. The van der Waals surface area contributed by atoms with Gasteiger partial charge in [-0.25, -0.2) is 4.98 Å². The molecule has 2 rings (SSSR count). The SMILES string of the molecule is C\C=C/C=c1\c(=C/C)oc2ncccc12. The highest BCUT2D eigenvalue weighted by Crippen LogP contribution is 2.02. The number of furan rings is 1. The lowest BCUT2D eigenvalue weighted by Crippen LogP contribution is -2.18. The Kier molecular flexibility index (Phi) is 2.68. The van der Waals surface area contributed by atoms with Crippen molar-refractivity contribution in [3.8, 4) is 0 Å². The number of allylic oxidation sites excluding steroid dienone is 2. The minimum Gasteiger partial charge on any atom is -0.438 e. The van der Waals surface area contributed by atoms with E-state index in [-0.39, 0.29) is 0 Å². The van der Waals surface area contributed by atoms with Crippen LogP contribution >= 0.6 is 0 Å². The molecule has 2 aromatic rings. The standard InChI is InChI=1S/C13H13NO/c1-3-5-7-10-11-8-6-9-14-13(11)15-12(10)4-2/h3-9H,1-2H3/b5-3-,10-7-,12-4+. The molecule has 0 N–H and O–H groups in total. The topological polar surface area (TPSA) is 26.0 Å². The van der Waals surface area contributed by atoms with E-state index in [9.17, 15) is 0 Å². The van der Waals surface area contributed by atoms with Crippen LogP contribution in [0.4, 0.5) is 0 Å². The van der Waals surface area contributed by atoms with Gasteiger partial charge >= 0.3 is 0 Å². The monoisotopic (exact) mass is 199 g/mol. The highest BCUT2D eigenvalue weighted by molar-refractivity contribution is 5.75. The van der Waals surface area contributed by atoms with Crippen molar-refractivity contribution in [2.75, 3.05) is 0 Å². The van der Waals surface area contributed by atoms with Gasteiger partial charge in [0.15, 0.2) is 0 Å². The van der Waals surface area contributed by atoms with Crippen LogP contribution in [-0.4, -0.2) is 4.98 Å². The molecule has 0 fully saturated rings. The lowest BCUT2D eigenvalue weighted by Gasteiger charge is -1.82. The molecule has 0 aliphatic carbocycles. The normalized spacial score (nSPS) is 14.5. The first-order chi connectivity index (χ1) is 7.36. The number of fused-ring (bicyclic) bond motifs is 1. The molecule has 0 aliphatic heterocycles. The Morgan fingerprint density at radius 3 is 2.93 bits per heavy atom. The molecule has 0 radical (unpaired) electrons. The fourth-order valence-electron chi connectivity index (χ4n) is 1.55. The molecular formula is C13H13NO. The fraction of sp³-hybridized carbons (Fsp3) is 0.154. The minimum atomic E-state index is 0.696. The smallest absolute Gasteiger partial charge is 0.227 e. The van der Waals surface area contributed by atoms with Crippen LogP contribution in [0.5, 0.6) is 0 Å². The molecule has 15 heavy (non-hydrogen) atoms. The Bertz CT molecular complexity index is 605. The molecule has 0 saturated heterocycles. The predicted molar refractivity (Wildman–Crippen MR) is 62.7 cm³/mol. The third-order valence-electron chi connectivity index (χ3n) is 2.25. The first kappa shape index (κ1) is 9.71. The number of hydrogen-bond acceptors (Lipinski definition) is 2. The van der Waals surface area contributed by atoms with E-state index in [0.717, 1.165) is 16.0 Å². The zero-order chi connectivity index (χ0) is 10.7. The highest BCUT2D eigenvalue weighted by Gasteiger charge is 2.00. The molecule has 0 aliphatic rings. The largest absolute Gasteiger partial charge is 0.438 e. The van der Waals surface area contributed by atoms with Crippen LogP contribution in [0.25, 0.3) is 23.3 Å². The molecule has 0 atom stereocenters.